The van der Waals surface area contributed by atoms with Crippen molar-refractivity contribution in [2.45, 2.75) is 32.5 Å². The summed E-state index contributed by atoms with van der Waals surface area (Å²) in [4.78, 5) is 37.4. The van der Waals surface area contributed by atoms with Gasteiger partial charge in [-0.2, -0.15) is 0 Å². The van der Waals surface area contributed by atoms with Crippen molar-refractivity contribution in [2.75, 3.05) is 27.4 Å². The predicted octanol–water partition coefficient (Wildman–Crippen LogP) is 5.14. The molecule has 0 aliphatic carbocycles. The van der Waals surface area contributed by atoms with E-state index in [2.05, 4.69) is 10.3 Å². The van der Waals surface area contributed by atoms with Gasteiger partial charge in [-0.1, -0.05) is 54.2 Å². The Balaban J connectivity index is 1.43. The molecule has 0 saturated heterocycles. The van der Waals surface area contributed by atoms with Gasteiger partial charge >= 0.3 is 5.97 Å². The number of aromatic nitrogens is 1. The number of fused-ring (bicyclic) bond motifs is 1. The Hall–Kier alpha value is -4.61. The maximum Gasteiger partial charge on any atom is 0.338 e. The topological polar surface area (TPSA) is 112 Å². The van der Waals surface area contributed by atoms with Crippen molar-refractivity contribution in [1.82, 2.24) is 15.2 Å². The predicted molar refractivity (Wildman–Crippen MR) is 168 cm³/mol. The summed E-state index contributed by atoms with van der Waals surface area (Å²) in [6, 6.07) is 18.5. The highest BCUT2D eigenvalue weighted by molar-refractivity contribution is 8.16. The fourth-order valence-corrected chi connectivity index (χ4v) is 5.84. The van der Waals surface area contributed by atoms with Crippen molar-refractivity contribution in [1.29, 1.82) is 0 Å². The molecule has 0 fully saturated rings. The maximum absolute atomic E-state index is 13.5. The van der Waals surface area contributed by atoms with E-state index in [1.54, 1.807) is 33.5 Å². The number of rotatable bonds is 13. The van der Waals surface area contributed by atoms with E-state index < -0.39 is 12.0 Å². The molecule has 5 rings (SSSR count). The molecule has 3 aromatic rings. The molecular weight excluding hydrogens is 580 g/mol. The summed E-state index contributed by atoms with van der Waals surface area (Å²) < 4.78 is 22.5. The Kier molecular flexibility index (Phi) is 10.3. The maximum atomic E-state index is 13.5. The first-order valence-electron chi connectivity index (χ1n) is 14.1. The number of pyridine rings is 1. The van der Waals surface area contributed by atoms with Crippen molar-refractivity contribution in [3.63, 3.8) is 0 Å². The van der Waals surface area contributed by atoms with Gasteiger partial charge in [0.2, 0.25) is 5.91 Å². The Labute approximate surface area is 260 Å². The van der Waals surface area contributed by atoms with Crippen LogP contribution in [0.5, 0.6) is 11.5 Å². The summed E-state index contributed by atoms with van der Waals surface area (Å²) >= 11 is 1.41. The third-order valence-electron chi connectivity index (χ3n) is 7.04. The molecule has 2 aliphatic heterocycles. The van der Waals surface area contributed by atoms with Gasteiger partial charge in [0.15, 0.2) is 16.7 Å². The van der Waals surface area contributed by atoms with E-state index >= 15 is 0 Å². The third-order valence-corrected chi connectivity index (χ3v) is 7.92. The van der Waals surface area contributed by atoms with Gasteiger partial charge in [0.1, 0.15) is 13.2 Å². The van der Waals surface area contributed by atoms with Crippen molar-refractivity contribution in [2.24, 2.45) is 4.99 Å². The molecule has 0 saturated carbocycles. The Bertz CT molecular complexity index is 1580. The highest BCUT2D eigenvalue weighted by Crippen LogP contribution is 2.46. The number of ether oxygens (including phenoxy) is 4. The minimum absolute atomic E-state index is 0.0865. The number of benzene rings is 2. The SMILES string of the molecule is COCCOC(=O)C1=C(C)N=C2SC=C(CC(=O)NCc3cccnc3)N2C1c1ccc(OCc2ccccc2)c(OC)c1. The molecule has 2 aliphatic rings. The van der Waals surface area contributed by atoms with Crippen LogP contribution in [0, 0.1) is 0 Å². The van der Waals surface area contributed by atoms with Gasteiger partial charge in [-0.05, 0) is 47.2 Å². The number of carbonyl (C=O) groups excluding carboxylic acids is 2. The van der Waals surface area contributed by atoms with Crippen LogP contribution in [0.25, 0.3) is 0 Å². The lowest BCUT2D eigenvalue weighted by atomic mass is 9.93. The largest absolute Gasteiger partial charge is 0.493 e. The molecule has 0 spiro atoms. The van der Waals surface area contributed by atoms with E-state index in [0.29, 0.717) is 46.8 Å². The minimum Gasteiger partial charge on any atom is -0.493 e. The number of thioether (sulfide) groups is 1. The molecule has 0 bridgehead atoms. The zero-order valence-corrected chi connectivity index (χ0v) is 25.6. The summed E-state index contributed by atoms with van der Waals surface area (Å²) in [5.41, 5.74) is 4.29. The van der Waals surface area contributed by atoms with Crippen molar-refractivity contribution >= 4 is 28.8 Å². The normalized spacial score (nSPS) is 15.7. The minimum atomic E-state index is -0.623. The highest BCUT2D eigenvalue weighted by Gasteiger charge is 2.41. The molecule has 1 aromatic heterocycles. The second-order valence-corrected chi connectivity index (χ2v) is 10.9. The molecule has 228 valence electrons. The van der Waals surface area contributed by atoms with E-state index in [4.69, 9.17) is 23.9 Å². The van der Waals surface area contributed by atoms with Gasteiger partial charge in [0.05, 0.1) is 37.4 Å². The van der Waals surface area contributed by atoms with Crippen molar-refractivity contribution < 1.29 is 28.5 Å². The second kappa shape index (κ2) is 14.7. The Morgan fingerprint density at radius 3 is 2.57 bits per heavy atom. The zero-order valence-electron chi connectivity index (χ0n) is 24.8. The molecule has 0 radical (unpaired) electrons. The first-order valence-corrected chi connectivity index (χ1v) is 15.0. The van der Waals surface area contributed by atoms with Crippen LogP contribution in [-0.4, -0.2) is 54.4 Å². The van der Waals surface area contributed by atoms with Gasteiger partial charge < -0.3 is 29.2 Å². The van der Waals surface area contributed by atoms with E-state index in [1.807, 2.05) is 71.0 Å². The summed E-state index contributed by atoms with van der Waals surface area (Å²) in [7, 11) is 3.12. The molecule has 1 amide bonds. The average Bonchev–Trinajstić information content (AvgIpc) is 3.44. The van der Waals surface area contributed by atoms with Gasteiger partial charge in [-0.25, -0.2) is 9.79 Å². The third kappa shape index (κ3) is 7.29. The molecule has 1 atom stereocenters. The van der Waals surface area contributed by atoms with Crippen LogP contribution in [0.3, 0.4) is 0 Å². The quantitative estimate of drug-likeness (QED) is 0.207. The fraction of sp³-hybridized carbons (Fsp3) is 0.273. The Morgan fingerprint density at radius 2 is 1.82 bits per heavy atom. The number of esters is 1. The number of nitrogens with zero attached hydrogens (tertiary/aromatic N) is 3. The lowest BCUT2D eigenvalue weighted by molar-refractivity contribution is -0.141. The van der Waals surface area contributed by atoms with Crippen LogP contribution >= 0.6 is 11.8 Å². The molecule has 44 heavy (non-hydrogen) atoms. The molecule has 11 heteroatoms. The summed E-state index contributed by atoms with van der Waals surface area (Å²) in [6.07, 6.45) is 3.49. The van der Waals surface area contributed by atoms with Gasteiger partial charge in [-0.15, -0.1) is 0 Å². The fourth-order valence-electron chi connectivity index (χ4n) is 4.88. The standard InChI is InChI=1S/C33H34N4O6S/c1-22-30(32(39)42-15-14-40-2)31(25-11-12-27(28(16-25)41-3)43-20-23-8-5-4-6-9-23)37-26(21-44-33(37)36-22)17-29(38)35-19-24-10-7-13-34-18-24/h4-13,16,18,21,31H,14-15,17,19-20H2,1-3H3,(H,35,38). The number of nitrogens with one attached hydrogen (secondary N) is 1. The smallest absolute Gasteiger partial charge is 0.338 e. The van der Waals surface area contributed by atoms with E-state index in [9.17, 15) is 9.59 Å². The van der Waals surface area contributed by atoms with E-state index in [1.165, 1.54) is 11.8 Å². The first kappa shape index (κ1) is 30.8. The van der Waals surface area contributed by atoms with Gasteiger partial charge in [0, 0.05) is 31.7 Å². The van der Waals surface area contributed by atoms with Crippen molar-refractivity contribution in [3.05, 3.63) is 112 Å². The number of amidine groups is 1. The second-order valence-electron chi connectivity index (χ2n) is 10.0. The molecule has 3 heterocycles. The highest BCUT2D eigenvalue weighted by atomic mass is 32.2. The van der Waals surface area contributed by atoms with Gasteiger partial charge in [0.25, 0.3) is 0 Å². The summed E-state index contributed by atoms with van der Waals surface area (Å²) in [5, 5.41) is 5.52. The number of allylic oxidation sites excluding steroid dienone is 1. The molecule has 2 aromatic carbocycles. The van der Waals surface area contributed by atoms with Gasteiger partial charge in [-0.3, -0.25) is 9.78 Å². The van der Waals surface area contributed by atoms with Crippen LogP contribution in [0.4, 0.5) is 0 Å². The number of aliphatic imine (C=N–C) groups is 1. The zero-order chi connectivity index (χ0) is 30.9. The molecule has 10 nitrogen and oxygen atoms in total. The number of hydrogen-bond donors (Lipinski definition) is 1. The van der Waals surface area contributed by atoms with Crippen molar-refractivity contribution in [3.8, 4) is 11.5 Å². The number of amides is 1. The van der Waals surface area contributed by atoms with E-state index in [-0.39, 0.29) is 25.5 Å². The van der Waals surface area contributed by atoms with E-state index in [0.717, 1.165) is 16.7 Å². The molecule has 1 unspecified atom stereocenters. The monoisotopic (exact) mass is 614 g/mol. The first-order chi connectivity index (χ1) is 21.5. The number of methoxy groups -OCH3 is 2. The summed E-state index contributed by atoms with van der Waals surface area (Å²) in [6.45, 7) is 2.88. The average molecular weight is 615 g/mol. The lowest BCUT2D eigenvalue weighted by Crippen LogP contribution is -2.38. The number of hydrogen-bond acceptors (Lipinski definition) is 10. The summed E-state index contributed by atoms with van der Waals surface area (Å²) in [5.74, 6) is 0.404. The van der Waals surface area contributed by atoms with Crippen LogP contribution in [0.2, 0.25) is 0 Å². The lowest BCUT2D eigenvalue weighted by Gasteiger charge is -2.36. The Morgan fingerprint density at radius 1 is 1.00 bits per heavy atom. The van der Waals surface area contributed by atoms with Crippen LogP contribution in [-0.2, 0) is 32.2 Å². The van der Waals surface area contributed by atoms with Crippen LogP contribution in [0.1, 0.15) is 36.1 Å². The molecule has 1 N–H and O–H groups in total. The van der Waals surface area contributed by atoms with Crippen LogP contribution < -0.4 is 14.8 Å². The molecular formula is C33H34N4O6S. The number of carbonyl (C=O) groups is 2. The van der Waals surface area contributed by atoms with Crippen LogP contribution in [0.15, 0.2) is 100 Å².